The molecular weight excluding hydrogens is 370 g/mol. The second-order valence-electron chi connectivity index (χ2n) is 6.54. The molecular formula is C19H25NO4S2. The monoisotopic (exact) mass is 395 g/mol. The Labute approximate surface area is 159 Å². The fourth-order valence-corrected chi connectivity index (χ4v) is 5.97. The number of benzene rings is 1. The van der Waals surface area contributed by atoms with E-state index in [2.05, 4.69) is 0 Å². The molecule has 1 aliphatic rings. The summed E-state index contributed by atoms with van der Waals surface area (Å²) >= 11 is 1.29. The first-order valence-electron chi connectivity index (χ1n) is 8.78. The summed E-state index contributed by atoms with van der Waals surface area (Å²) in [5, 5.41) is 1.81. The zero-order valence-electron chi connectivity index (χ0n) is 15.2. The second-order valence-corrected chi connectivity index (χ2v) is 9.65. The van der Waals surface area contributed by atoms with Crippen molar-refractivity contribution in [3.8, 4) is 11.5 Å². The van der Waals surface area contributed by atoms with Gasteiger partial charge in [-0.1, -0.05) is 6.07 Å². The second kappa shape index (κ2) is 8.41. The van der Waals surface area contributed by atoms with Crippen molar-refractivity contribution in [3.05, 3.63) is 41.3 Å². The summed E-state index contributed by atoms with van der Waals surface area (Å²) in [5.74, 6) is 2.15. The molecule has 0 bridgehead atoms. The number of thiophene rings is 1. The van der Waals surface area contributed by atoms with Gasteiger partial charge in [-0.05, 0) is 60.7 Å². The molecule has 0 saturated carbocycles. The molecule has 0 spiro atoms. The van der Waals surface area contributed by atoms with E-state index in [1.54, 1.807) is 30.7 Å². The van der Waals surface area contributed by atoms with Gasteiger partial charge in [-0.25, -0.2) is 8.42 Å². The normalized spacial score (nSPS) is 16.5. The summed E-state index contributed by atoms with van der Waals surface area (Å²) < 4.78 is 37.9. The van der Waals surface area contributed by atoms with Gasteiger partial charge in [-0.3, -0.25) is 0 Å². The van der Waals surface area contributed by atoms with Gasteiger partial charge in [-0.2, -0.15) is 4.31 Å². The van der Waals surface area contributed by atoms with Crippen molar-refractivity contribution >= 4 is 21.4 Å². The molecule has 0 unspecified atom stereocenters. The van der Waals surface area contributed by atoms with Gasteiger partial charge >= 0.3 is 0 Å². The summed E-state index contributed by atoms with van der Waals surface area (Å²) in [4.78, 5) is 0. The summed E-state index contributed by atoms with van der Waals surface area (Å²) in [5.41, 5.74) is 1.19. The van der Waals surface area contributed by atoms with Crippen LogP contribution in [0.25, 0.3) is 0 Å². The first-order chi connectivity index (χ1) is 12.5. The van der Waals surface area contributed by atoms with E-state index in [-0.39, 0.29) is 0 Å². The van der Waals surface area contributed by atoms with Gasteiger partial charge in [0.1, 0.15) is 15.7 Å². The first kappa shape index (κ1) is 19.2. The lowest BCUT2D eigenvalue weighted by Gasteiger charge is -2.30. The van der Waals surface area contributed by atoms with Crippen molar-refractivity contribution in [1.29, 1.82) is 0 Å². The molecule has 0 N–H and O–H groups in total. The highest BCUT2D eigenvalue weighted by Crippen LogP contribution is 2.29. The van der Waals surface area contributed by atoms with Gasteiger partial charge in [0.2, 0.25) is 0 Å². The van der Waals surface area contributed by atoms with Gasteiger partial charge in [-0.15, -0.1) is 11.3 Å². The summed E-state index contributed by atoms with van der Waals surface area (Å²) in [6.45, 7) is 1.21. The van der Waals surface area contributed by atoms with Crippen molar-refractivity contribution in [3.63, 3.8) is 0 Å². The first-order valence-corrected chi connectivity index (χ1v) is 11.1. The molecule has 0 amide bonds. The van der Waals surface area contributed by atoms with E-state index in [9.17, 15) is 8.42 Å². The Kier molecular flexibility index (Phi) is 6.21. The summed E-state index contributed by atoms with van der Waals surface area (Å²) in [6, 6.07) is 9.42. The highest BCUT2D eigenvalue weighted by atomic mass is 32.2. The van der Waals surface area contributed by atoms with E-state index in [1.165, 1.54) is 16.9 Å². The van der Waals surface area contributed by atoms with E-state index >= 15 is 0 Å². The molecule has 1 fully saturated rings. The molecule has 1 aromatic heterocycles. The molecule has 26 heavy (non-hydrogen) atoms. The van der Waals surface area contributed by atoms with Crippen LogP contribution in [0.3, 0.4) is 0 Å². The maximum atomic E-state index is 12.6. The van der Waals surface area contributed by atoms with E-state index < -0.39 is 10.0 Å². The minimum absolute atomic E-state index is 0.444. The number of hydrogen-bond acceptors (Lipinski definition) is 5. The van der Waals surface area contributed by atoms with Crippen LogP contribution >= 0.6 is 11.3 Å². The van der Waals surface area contributed by atoms with E-state index in [0.29, 0.717) is 23.2 Å². The van der Waals surface area contributed by atoms with Crippen LogP contribution in [0, 0.1) is 5.92 Å². The van der Waals surface area contributed by atoms with Crippen LogP contribution in [0.4, 0.5) is 0 Å². The van der Waals surface area contributed by atoms with Gasteiger partial charge in [0.05, 0.1) is 14.2 Å². The number of ether oxygens (including phenoxy) is 2. The minimum atomic E-state index is -3.31. The van der Waals surface area contributed by atoms with Gasteiger partial charge < -0.3 is 9.47 Å². The number of methoxy groups -OCH3 is 2. The van der Waals surface area contributed by atoms with Crippen molar-refractivity contribution in [2.75, 3.05) is 27.3 Å². The number of sulfonamides is 1. The molecule has 0 atom stereocenters. The molecule has 7 heteroatoms. The van der Waals surface area contributed by atoms with Gasteiger partial charge in [0.25, 0.3) is 10.0 Å². The maximum Gasteiger partial charge on any atom is 0.252 e. The SMILES string of the molecule is COc1cc(CCC2CCN(S(=O)(=O)c3cccs3)CC2)cc(OC)c1. The summed E-state index contributed by atoms with van der Waals surface area (Å²) in [6.07, 6.45) is 3.80. The molecule has 0 aliphatic carbocycles. The zero-order chi connectivity index (χ0) is 18.6. The van der Waals surface area contributed by atoms with Crippen molar-refractivity contribution in [2.24, 2.45) is 5.92 Å². The number of aryl methyl sites for hydroxylation is 1. The van der Waals surface area contributed by atoms with Crippen LogP contribution in [0.5, 0.6) is 11.5 Å². The predicted octanol–water partition coefficient (Wildman–Crippen LogP) is 3.80. The number of rotatable bonds is 7. The third-order valence-electron chi connectivity index (χ3n) is 4.92. The molecule has 0 radical (unpaired) electrons. The molecule has 3 rings (SSSR count). The van der Waals surface area contributed by atoms with Crippen LogP contribution in [-0.2, 0) is 16.4 Å². The Morgan fingerprint density at radius 2 is 1.77 bits per heavy atom. The Morgan fingerprint density at radius 3 is 2.31 bits per heavy atom. The Balaban J connectivity index is 1.55. The lowest BCUT2D eigenvalue weighted by Crippen LogP contribution is -2.38. The van der Waals surface area contributed by atoms with Gasteiger partial charge in [0, 0.05) is 19.2 Å². The fourth-order valence-electron chi connectivity index (χ4n) is 3.36. The number of nitrogens with zero attached hydrogens (tertiary/aromatic N) is 1. The molecule has 1 saturated heterocycles. The average Bonchev–Trinajstić information content (AvgIpc) is 3.22. The average molecular weight is 396 g/mol. The molecule has 1 aromatic carbocycles. The predicted molar refractivity (Wildman–Crippen MR) is 104 cm³/mol. The zero-order valence-corrected chi connectivity index (χ0v) is 16.8. The van der Waals surface area contributed by atoms with E-state index in [4.69, 9.17) is 9.47 Å². The third kappa shape index (κ3) is 4.39. The largest absolute Gasteiger partial charge is 0.497 e. The fraction of sp³-hybridized carbons (Fsp3) is 0.474. The highest BCUT2D eigenvalue weighted by Gasteiger charge is 2.29. The highest BCUT2D eigenvalue weighted by molar-refractivity contribution is 7.91. The van der Waals surface area contributed by atoms with E-state index in [1.807, 2.05) is 23.6 Å². The Hall–Kier alpha value is -1.57. The van der Waals surface area contributed by atoms with Crippen LogP contribution in [0.2, 0.25) is 0 Å². The smallest absolute Gasteiger partial charge is 0.252 e. The number of piperidine rings is 1. The molecule has 142 valence electrons. The van der Waals surface area contributed by atoms with Crippen LogP contribution in [0.1, 0.15) is 24.8 Å². The van der Waals surface area contributed by atoms with E-state index in [0.717, 1.165) is 37.2 Å². The molecule has 1 aliphatic heterocycles. The van der Waals surface area contributed by atoms with Crippen LogP contribution in [-0.4, -0.2) is 40.0 Å². The summed E-state index contributed by atoms with van der Waals surface area (Å²) in [7, 11) is 0.00167. The van der Waals surface area contributed by atoms with Crippen molar-refractivity contribution in [1.82, 2.24) is 4.31 Å². The lowest BCUT2D eigenvalue weighted by atomic mass is 9.91. The lowest BCUT2D eigenvalue weighted by molar-refractivity contribution is 0.264. The molecule has 2 heterocycles. The molecule has 5 nitrogen and oxygen atoms in total. The van der Waals surface area contributed by atoms with Crippen LogP contribution < -0.4 is 9.47 Å². The third-order valence-corrected chi connectivity index (χ3v) is 8.19. The minimum Gasteiger partial charge on any atom is -0.497 e. The Morgan fingerprint density at radius 1 is 1.12 bits per heavy atom. The topological polar surface area (TPSA) is 55.8 Å². The van der Waals surface area contributed by atoms with Crippen LogP contribution in [0.15, 0.2) is 39.9 Å². The maximum absolute atomic E-state index is 12.6. The van der Waals surface area contributed by atoms with Crippen molar-refractivity contribution < 1.29 is 17.9 Å². The van der Waals surface area contributed by atoms with Gasteiger partial charge in [0.15, 0.2) is 0 Å². The quantitative estimate of drug-likeness (QED) is 0.716. The number of hydrogen-bond donors (Lipinski definition) is 0. The van der Waals surface area contributed by atoms with Crippen molar-refractivity contribution in [2.45, 2.75) is 29.9 Å². The Bertz CT molecular complexity index is 788. The standard InChI is InChI=1S/C19H25NO4S2/c1-23-17-12-16(13-18(14-17)24-2)6-5-15-7-9-20(10-8-15)26(21,22)19-4-3-11-25-19/h3-4,11-15H,5-10H2,1-2H3. The molecule has 2 aromatic rings.